The van der Waals surface area contributed by atoms with Gasteiger partial charge in [0.25, 0.3) is 0 Å². The predicted molar refractivity (Wildman–Crippen MR) is 62.7 cm³/mol. The molecule has 6 heteroatoms. The summed E-state index contributed by atoms with van der Waals surface area (Å²) in [6, 6.07) is 4.89. The fourth-order valence-corrected chi connectivity index (χ4v) is 2.01. The Morgan fingerprint density at radius 1 is 1.42 bits per heavy atom. The van der Waals surface area contributed by atoms with Crippen molar-refractivity contribution in [2.45, 2.75) is 25.1 Å². The standard InChI is InChI=1S/C13H13F3N2O/c14-13(15,16)10-3-4-12(9(6-10)7-17)19-8-11-2-1-5-18-11/h3-4,6,11,18H,1-2,5,8H2. The van der Waals surface area contributed by atoms with E-state index in [1.807, 2.05) is 0 Å². The van der Waals surface area contributed by atoms with Crippen LogP contribution in [0.2, 0.25) is 0 Å². The molecule has 0 bridgehead atoms. The SMILES string of the molecule is N#Cc1cc(C(F)(F)F)ccc1OCC1CCCN1. The molecule has 19 heavy (non-hydrogen) atoms. The molecule has 1 aliphatic heterocycles. The second-order valence-electron chi connectivity index (χ2n) is 4.42. The Morgan fingerprint density at radius 2 is 2.21 bits per heavy atom. The van der Waals surface area contributed by atoms with Crippen LogP contribution in [0.25, 0.3) is 0 Å². The average molecular weight is 270 g/mol. The molecule has 1 atom stereocenters. The van der Waals surface area contributed by atoms with Crippen molar-refractivity contribution >= 4 is 0 Å². The van der Waals surface area contributed by atoms with Crippen LogP contribution in [0.5, 0.6) is 5.75 Å². The fraction of sp³-hybridized carbons (Fsp3) is 0.462. The van der Waals surface area contributed by atoms with Crippen LogP contribution in [-0.2, 0) is 6.18 Å². The lowest BCUT2D eigenvalue weighted by atomic mass is 10.1. The molecule has 1 aromatic rings. The summed E-state index contributed by atoms with van der Waals surface area (Å²) in [5, 5.41) is 12.1. The molecule has 1 heterocycles. The molecule has 102 valence electrons. The van der Waals surface area contributed by atoms with Crippen molar-refractivity contribution in [2.24, 2.45) is 0 Å². The van der Waals surface area contributed by atoms with Gasteiger partial charge in [0.1, 0.15) is 18.4 Å². The molecular weight excluding hydrogens is 257 g/mol. The first-order chi connectivity index (χ1) is 9.00. The molecule has 0 aliphatic carbocycles. The zero-order valence-corrected chi connectivity index (χ0v) is 10.1. The number of halogens is 3. The molecule has 1 aromatic carbocycles. The quantitative estimate of drug-likeness (QED) is 0.918. The molecule has 0 saturated carbocycles. The number of alkyl halides is 3. The van der Waals surface area contributed by atoms with Crippen molar-refractivity contribution in [3.05, 3.63) is 29.3 Å². The Kier molecular flexibility index (Phi) is 3.96. The lowest BCUT2D eigenvalue weighted by molar-refractivity contribution is -0.137. The summed E-state index contributed by atoms with van der Waals surface area (Å²) in [7, 11) is 0. The normalized spacial score (nSPS) is 19.2. The van der Waals surface area contributed by atoms with E-state index in [0.29, 0.717) is 6.61 Å². The van der Waals surface area contributed by atoms with E-state index in [0.717, 1.165) is 31.5 Å². The second-order valence-corrected chi connectivity index (χ2v) is 4.42. The van der Waals surface area contributed by atoms with Gasteiger partial charge in [-0.3, -0.25) is 0 Å². The largest absolute Gasteiger partial charge is 0.491 e. The van der Waals surface area contributed by atoms with Gasteiger partial charge in [-0.05, 0) is 37.6 Å². The van der Waals surface area contributed by atoms with Gasteiger partial charge >= 0.3 is 6.18 Å². The molecule has 0 aromatic heterocycles. The number of rotatable bonds is 3. The summed E-state index contributed by atoms with van der Waals surface area (Å²) >= 11 is 0. The smallest absolute Gasteiger partial charge is 0.416 e. The van der Waals surface area contributed by atoms with Crippen LogP contribution in [-0.4, -0.2) is 19.2 Å². The number of hydrogen-bond acceptors (Lipinski definition) is 3. The first-order valence-electron chi connectivity index (χ1n) is 5.98. The molecule has 2 rings (SSSR count). The molecule has 1 saturated heterocycles. The third-order valence-electron chi connectivity index (χ3n) is 3.03. The fourth-order valence-electron chi connectivity index (χ4n) is 2.01. The number of ether oxygens (including phenoxy) is 1. The van der Waals surface area contributed by atoms with E-state index in [9.17, 15) is 13.2 Å². The van der Waals surface area contributed by atoms with Crippen molar-refractivity contribution in [1.82, 2.24) is 5.32 Å². The van der Waals surface area contributed by atoms with Crippen LogP contribution in [0.3, 0.4) is 0 Å². The first-order valence-corrected chi connectivity index (χ1v) is 5.98. The molecule has 0 spiro atoms. The maximum atomic E-state index is 12.5. The lowest BCUT2D eigenvalue weighted by Gasteiger charge is -2.14. The van der Waals surface area contributed by atoms with Crippen LogP contribution in [0.15, 0.2) is 18.2 Å². The Labute approximate surface area is 109 Å². The van der Waals surface area contributed by atoms with Crippen molar-refractivity contribution in [1.29, 1.82) is 5.26 Å². The number of nitrogens with zero attached hydrogens (tertiary/aromatic N) is 1. The topological polar surface area (TPSA) is 45.0 Å². The van der Waals surface area contributed by atoms with Gasteiger partial charge in [-0.25, -0.2) is 0 Å². The number of nitrogens with one attached hydrogen (secondary N) is 1. The second kappa shape index (κ2) is 5.49. The molecule has 1 unspecified atom stereocenters. The third kappa shape index (κ3) is 3.38. The first kappa shape index (κ1) is 13.7. The van der Waals surface area contributed by atoms with E-state index >= 15 is 0 Å². The summed E-state index contributed by atoms with van der Waals surface area (Å²) in [5.74, 6) is 0.198. The molecular formula is C13H13F3N2O. The summed E-state index contributed by atoms with van der Waals surface area (Å²) < 4.78 is 42.9. The maximum absolute atomic E-state index is 12.5. The van der Waals surface area contributed by atoms with E-state index in [-0.39, 0.29) is 17.4 Å². The van der Waals surface area contributed by atoms with E-state index in [2.05, 4.69) is 5.32 Å². The summed E-state index contributed by atoms with van der Waals surface area (Å²) in [6.07, 6.45) is -2.41. The van der Waals surface area contributed by atoms with Gasteiger partial charge in [-0.1, -0.05) is 0 Å². The highest BCUT2D eigenvalue weighted by atomic mass is 19.4. The van der Waals surface area contributed by atoms with E-state index in [1.54, 1.807) is 6.07 Å². The van der Waals surface area contributed by atoms with Gasteiger partial charge in [0, 0.05) is 6.04 Å². The van der Waals surface area contributed by atoms with Gasteiger partial charge in [0.05, 0.1) is 11.1 Å². The van der Waals surface area contributed by atoms with Gasteiger partial charge in [-0.2, -0.15) is 18.4 Å². The van der Waals surface area contributed by atoms with E-state index < -0.39 is 11.7 Å². The van der Waals surface area contributed by atoms with Gasteiger partial charge in [0.2, 0.25) is 0 Å². The highest BCUT2D eigenvalue weighted by Gasteiger charge is 2.31. The number of benzene rings is 1. The Morgan fingerprint density at radius 3 is 2.79 bits per heavy atom. The summed E-state index contributed by atoms with van der Waals surface area (Å²) in [6.45, 7) is 1.28. The molecule has 1 fully saturated rings. The Hall–Kier alpha value is -1.74. The molecule has 1 aliphatic rings. The minimum Gasteiger partial charge on any atom is -0.491 e. The van der Waals surface area contributed by atoms with Crippen LogP contribution in [0.1, 0.15) is 24.0 Å². The van der Waals surface area contributed by atoms with Crippen LogP contribution >= 0.6 is 0 Å². The van der Waals surface area contributed by atoms with Crippen molar-refractivity contribution in [3.63, 3.8) is 0 Å². The van der Waals surface area contributed by atoms with Crippen LogP contribution < -0.4 is 10.1 Å². The Bertz CT molecular complexity index is 488. The highest BCUT2D eigenvalue weighted by molar-refractivity contribution is 5.46. The summed E-state index contributed by atoms with van der Waals surface area (Å²) in [5.41, 5.74) is -0.928. The van der Waals surface area contributed by atoms with E-state index in [1.165, 1.54) is 6.07 Å². The monoisotopic (exact) mass is 270 g/mol. The van der Waals surface area contributed by atoms with Crippen molar-refractivity contribution in [3.8, 4) is 11.8 Å². The highest BCUT2D eigenvalue weighted by Crippen LogP contribution is 2.32. The maximum Gasteiger partial charge on any atom is 0.416 e. The zero-order chi connectivity index (χ0) is 13.9. The van der Waals surface area contributed by atoms with E-state index in [4.69, 9.17) is 10.00 Å². The lowest BCUT2D eigenvalue weighted by Crippen LogP contribution is -2.28. The Balaban J connectivity index is 2.10. The number of hydrogen-bond donors (Lipinski definition) is 1. The predicted octanol–water partition coefficient (Wildman–Crippen LogP) is 2.71. The summed E-state index contributed by atoms with van der Waals surface area (Å²) in [4.78, 5) is 0. The van der Waals surface area contributed by atoms with Crippen molar-refractivity contribution < 1.29 is 17.9 Å². The third-order valence-corrected chi connectivity index (χ3v) is 3.03. The van der Waals surface area contributed by atoms with Crippen molar-refractivity contribution in [2.75, 3.05) is 13.2 Å². The molecule has 1 N–H and O–H groups in total. The zero-order valence-electron chi connectivity index (χ0n) is 10.1. The minimum absolute atomic E-state index is 0.0900. The van der Waals surface area contributed by atoms with Crippen LogP contribution in [0.4, 0.5) is 13.2 Å². The minimum atomic E-state index is -4.45. The van der Waals surface area contributed by atoms with Crippen LogP contribution in [0, 0.1) is 11.3 Å². The molecule has 3 nitrogen and oxygen atoms in total. The average Bonchev–Trinajstić information content (AvgIpc) is 2.88. The number of nitriles is 1. The van der Waals surface area contributed by atoms with Gasteiger partial charge < -0.3 is 10.1 Å². The molecule has 0 radical (unpaired) electrons. The molecule has 0 amide bonds. The van der Waals surface area contributed by atoms with Gasteiger partial charge in [-0.15, -0.1) is 0 Å². The van der Waals surface area contributed by atoms with Gasteiger partial charge in [0.15, 0.2) is 0 Å².